The predicted octanol–water partition coefficient (Wildman–Crippen LogP) is 3.79. The molecule has 0 spiro atoms. The number of hydrogen-bond donors (Lipinski definition) is 1. The van der Waals surface area contributed by atoms with Crippen molar-refractivity contribution in [1.29, 1.82) is 5.26 Å². The fourth-order valence-electron chi connectivity index (χ4n) is 3.89. The molecule has 1 aromatic carbocycles. The van der Waals surface area contributed by atoms with Crippen molar-refractivity contribution in [2.45, 2.75) is 6.54 Å². The van der Waals surface area contributed by atoms with Crippen LogP contribution < -0.4 is 10.5 Å². The molecule has 0 aliphatic carbocycles. The van der Waals surface area contributed by atoms with Crippen LogP contribution in [-0.4, -0.2) is 45.7 Å². The minimum Gasteiger partial charge on any atom is -0.506 e. The number of halogens is 3. The van der Waals surface area contributed by atoms with Crippen LogP contribution in [-0.2, 0) is 13.6 Å². The Morgan fingerprint density at radius 3 is 2.55 bits per heavy atom. The Morgan fingerprint density at radius 1 is 1.16 bits per heavy atom. The molecule has 0 unspecified atom stereocenters. The number of hydrogen-bond acceptors (Lipinski definition) is 6. The second-order valence-electron chi connectivity index (χ2n) is 7.36. The van der Waals surface area contributed by atoms with Gasteiger partial charge in [0.15, 0.2) is 0 Å². The highest BCUT2D eigenvalue weighted by Crippen LogP contribution is 2.33. The van der Waals surface area contributed by atoms with E-state index < -0.39 is 0 Å². The average Bonchev–Trinajstić information content (AvgIpc) is 2.74. The van der Waals surface area contributed by atoms with Crippen molar-refractivity contribution in [2.24, 2.45) is 7.05 Å². The van der Waals surface area contributed by atoms with Crippen LogP contribution in [0.2, 0.25) is 15.2 Å². The molecule has 160 valence electrons. The summed E-state index contributed by atoms with van der Waals surface area (Å²) in [6.07, 6.45) is 0. The van der Waals surface area contributed by atoms with Crippen molar-refractivity contribution in [3.05, 3.63) is 60.9 Å². The van der Waals surface area contributed by atoms with Gasteiger partial charge in [0, 0.05) is 50.4 Å². The normalized spacial score (nSPS) is 14.7. The first-order chi connectivity index (χ1) is 14.8. The van der Waals surface area contributed by atoms with Crippen molar-refractivity contribution < 1.29 is 5.11 Å². The lowest BCUT2D eigenvalue weighted by Gasteiger charge is -2.36. The number of phenolic OH excluding ortho intramolecular Hbond substituents is 1. The number of piperazine rings is 1. The number of aromatic hydroxyl groups is 1. The van der Waals surface area contributed by atoms with E-state index in [0.29, 0.717) is 65.2 Å². The number of nitriles is 1. The van der Waals surface area contributed by atoms with Crippen LogP contribution in [0.5, 0.6) is 5.75 Å². The van der Waals surface area contributed by atoms with Gasteiger partial charge in [-0.05, 0) is 24.3 Å². The van der Waals surface area contributed by atoms with E-state index in [1.54, 1.807) is 25.2 Å². The van der Waals surface area contributed by atoms with Crippen molar-refractivity contribution >= 4 is 51.5 Å². The Kier molecular flexibility index (Phi) is 6.00. The molecule has 2 aromatic heterocycles. The van der Waals surface area contributed by atoms with Gasteiger partial charge in [0.25, 0.3) is 5.56 Å². The summed E-state index contributed by atoms with van der Waals surface area (Å²) in [5.41, 5.74) is 1.99. The first kappa shape index (κ1) is 21.7. The number of aromatic nitrogens is 2. The molecule has 0 saturated carbocycles. The zero-order valence-corrected chi connectivity index (χ0v) is 18.8. The summed E-state index contributed by atoms with van der Waals surface area (Å²) in [6, 6.07) is 8.61. The Bertz CT molecular complexity index is 1280. The van der Waals surface area contributed by atoms with Crippen LogP contribution in [0.3, 0.4) is 0 Å². The summed E-state index contributed by atoms with van der Waals surface area (Å²) < 4.78 is 1.42. The second-order valence-corrected chi connectivity index (χ2v) is 8.59. The van der Waals surface area contributed by atoms with Crippen molar-refractivity contribution in [3.8, 4) is 11.8 Å². The molecule has 4 rings (SSSR count). The molecule has 1 fully saturated rings. The third-order valence-electron chi connectivity index (χ3n) is 5.48. The molecule has 1 saturated heterocycles. The summed E-state index contributed by atoms with van der Waals surface area (Å²) in [7, 11) is 1.62. The number of nitrogens with zero attached hydrogens (tertiary/aromatic N) is 5. The van der Waals surface area contributed by atoms with Gasteiger partial charge in [-0.15, -0.1) is 0 Å². The predicted molar refractivity (Wildman–Crippen MR) is 122 cm³/mol. The molecule has 1 aliphatic rings. The van der Waals surface area contributed by atoms with E-state index in [0.717, 1.165) is 0 Å². The standard InChI is InChI=1S/C21H18Cl3N5O2/c1-27-16-2-3-17(24)26-18(16)19(14(10-25)21(27)31)29-6-4-28(5-7-29)11-12-8-13(22)9-15(23)20(12)30/h2-3,8-9,30H,4-7,11H2,1H3. The monoisotopic (exact) mass is 477 g/mol. The molecule has 1 aliphatic heterocycles. The number of benzene rings is 1. The Balaban J connectivity index is 1.64. The summed E-state index contributed by atoms with van der Waals surface area (Å²) in [5.74, 6) is 0.0247. The van der Waals surface area contributed by atoms with Gasteiger partial charge in [0.05, 0.1) is 16.2 Å². The minimum atomic E-state index is -0.366. The van der Waals surface area contributed by atoms with Crippen LogP contribution >= 0.6 is 34.8 Å². The third kappa shape index (κ3) is 4.04. The van der Waals surface area contributed by atoms with Crippen molar-refractivity contribution in [1.82, 2.24) is 14.5 Å². The molecular formula is C21H18Cl3N5O2. The Morgan fingerprint density at radius 2 is 1.87 bits per heavy atom. The van der Waals surface area contributed by atoms with E-state index in [-0.39, 0.29) is 21.9 Å². The van der Waals surface area contributed by atoms with E-state index in [1.807, 2.05) is 4.90 Å². The number of aryl methyl sites for hydroxylation is 1. The van der Waals surface area contributed by atoms with Crippen molar-refractivity contribution in [3.63, 3.8) is 0 Å². The van der Waals surface area contributed by atoms with E-state index >= 15 is 0 Å². The molecule has 3 heterocycles. The van der Waals surface area contributed by atoms with Crippen LogP contribution in [0.15, 0.2) is 29.1 Å². The summed E-state index contributed by atoms with van der Waals surface area (Å²) in [5, 5.41) is 20.9. The maximum Gasteiger partial charge on any atom is 0.270 e. The molecule has 1 N–H and O–H groups in total. The van der Waals surface area contributed by atoms with Gasteiger partial charge in [0.2, 0.25) is 0 Å². The second kappa shape index (κ2) is 8.56. The highest BCUT2D eigenvalue weighted by molar-refractivity contribution is 6.35. The van der Waals surface area contributed by atoms with Gasteiger partial charge >= 0.3 is 0 Å². The molecule has 0 amide bonds. The highest BCUT2D eigenvalue weighted by Gasteiger charge is 2.26. The van der Waals surface area contributed by atoms with Gasteiger partial charge in [-0.25, -0.2) is 4.98 Å². The summed E-state index contributed by atoms with van der Waals surface area (Å²) in [4.78, 5) is 21.3. The van der Waals surface area contributed by atoms with Crippen LogP contribution in [0.25, 0.3) is 11.0 Å². The first-order valence-electron chi connectivity index (χ1n) is 9.53. The topological polar surface area (TPSA) is 85.4 Å². The van der Waals surface area contributed by atoms with Crippen LogP contribution in [0, 0.1) is 11.3 Å². The number of fused-ring (bicyclic) bond motifs is 1. The molecule has 3 aromatic rings. The lowest BCUT2D eigenvalue weighted by atomic mass is 10.1. The highest BCUT2D eigenvalue weighted by atomic mass is 35.5. The Hall–Kier alpha value is -2.50. The molecule has 0 bridgehead atoms. The van der Waals surface area contributed by atoms with Crippen LogP contribution in [0.1, 0.15) is 11.1 Å². The van der Waals surface area contributed by atoms with E-state index in [2.05, 4.69) is 16.0 Å². The molecular weight excluding hydrogens is 461 g/mol. The fraction of sp³-hybridized carbons (Fsp3) is 0.286. The maximum absolute atomic E-state index is 12.8. The van der Waals surface area contributed by atoms with E-state index in [9.17, 15) is 15.2 Å². The van der Waals surface area contributed by atoms with E-state index in [1.165, 1.54) is 10.6 Å². The number of pyridine rings is 2. The third-order valence-corrected chi connectivity index (χ3v) is 6.20. The minimum absolute atomic E-state index is 0.0247. The van der Waals surface area contributed by atoms with Gasteiger partial charge in [-0.1, -0.05) is 34.8 Å². The van der Waals surface area contributed by atoms with Crippen LogP contribution in [0.4, 0.5) is 5.69 Å². The lowest BCUT2D eigenvalue weighted by molar-refractivity contribution is 0.247. The molecule has 31 heavy (non-hydrogen) atoms. The maximum atomic E-state index is 12.8. The molecule has 7 nitrogen and oxygen atoms in total. The molecule has 0 atom stereocenters. The van der Waals surface area contributed by atoms with Gasteiger partial charge < -0.3 is 14.6 Å². The summed E-state index contributed by atoms with van der Waals surface area (Å²) >= 11 is 18.2. The van der Waals surface area contributed by atoms with Crippen molar-refractivity contribution in [2.75, 3.05) is 31.1 Å². The number of phenols is 1. The van der Waals surface area contributed by atoms with E-state index in [4.69, 9.17) is 34.8 Å². The number of anilines is 1. The molecule has 10 heteroatoms. The zero-order chi connectivity index (χ0) is 22.3. The zero-order valence-electron chi connectivity index (χ0n) is 16.6. The first-order valence-corrected chi connectivity index (χ1v) is 10.7. The Labute approximate surface area is 193 Å². The average molecular weight is 479 g/mol. The van der Waals surface area contributed by atoms with Gasteiger partial charge in [0.1, 0.15) is 28.1 Å². The largest absolute Gasteiger partial charge is 0.506 e. The SMILES string of the molecule is Cn1c(=O)c(C#N)c(N2CCN(Cc3cc(Cl)cc(Cl)c3O)CC2)c2nc(Cl)ccc21. The lowest BCUT2D eigenvalue weighted by Crippen LogP contribution is -2.47. The smallest absolute Gasteiger partial charge is 0.270 e. The van der Waals surface area contributed by atoms with Gasteiger partial charge in [-0.3, -0.25) is 9.69 Å². The summed E-state index contributed by atoms with van der Waals surface area (Å²) in [6.45, 7) is 2.91. The van der Waals surface area contributed by atoms with Gasteiger partial charge in [-0.2, -0.15) is 5.26 Å². The molecule has 0 radical (unpaired) electrons. The fourth-order valence-corrected chi connectivity index (χ4v) is 4.57. The quantitative estimate of drug-likeness (QED) is 0.577. The number of rotatable bonds is 3.